The Morgan fingerprint density at radius 3 is 2.44 bits per heavy atom. The largest absolute Gasteiger partial charge is 0.392 e. The summed E-state index contributed by atoms with van der Waals surface area (Å²) in [5.41, 5.74) is 4.95. The molecule has 4 N–H and O–H groups in total. The second-order valence-electron chi connectivity index (χ2n) is 4.75. The van der Waals surface area contributed by atoms with Gasteiger partial charge in [0.15, 0.2) is 0 Å². The third-order valence-corrected chi connectivity index (χ3v) is 4.82. The molecule has 1 aliphatic heterocycles. The zero-order chi connectivity index (χ0) is 13.8. The molecule has 0 aromatic carbocycles. The maximum atomic E-state index is 11.9. The van der Waals surface area contributed by atoms with Gasteiger partial charge < -0.3 is 10.6 Å². The van der Waals surface area contributed by atoms with Crippen LogP contribution in [0.1, 0.15) is 26.2 Å². The van der Waals surface area contributed by atoms with Crippen molar-refractivity contribution in [2.75, 3.05) is 26.7 Å². The van der Waals surface area contributed by atoms with Crippen LogP contribution >= 0.6 is 12.2 Å². The van der Waals surface area contributed by atoms with E-state index in [-0.39, 0.29) is 4.99 Å². The third-order valence-electron chi connectivity index (χ3n) is 3.18. The van der Waals surface area contributed by atoms with Gasteiger partial charge in [0.05, 0.1) is 10.5 Å². The van der Waals surface area contributed by atoms with Crippen molar-refractivity contribution < 1.29 is 8.42 Å². The first-order valence-electron chi connectivity index (χ1n) is 6.08. The zero-order valence-electron chi connectivity index (χ0n) is 10.9. The van der Waals surface area contributed by atoms with Crippen LogP contribution in [-0.4, -0.2) is 50.5 Å². The van der Waals surface area contributed by atoms with Gasteiger partial charge in [-0.25, -0.2) is 4.72 Å². The van der Waals surface area contributed by atoms with Crippen LogP contribution in [0.3, 0.4) is 0 Å². The number of hydrogen-bond donors (Lipinski definition) is 3. The minimum Gasteiger partial charge on any atom is -0.392 e. The number of nitrogens with one attached hydrogen (secondary N) is 2. The molecule has 1 fully saturated rings. The van der Waals surface area contributed by atoms with Crippen molar-refractivity contribution in [1.82, 2.24) is 14.3 Å². The van der Waals surface area contributed by atoms with Crippen molar-refractivity contribution in [2.45, 2.75) is 31.7 Å². The lowest BCUT2D eigenvalue weighted by molar-refractivity contribution is 0.220. The molecule has 106 valence electrons. The number of nitrogens with two attached hydrogens (primary N) is 1. The van der Waals surface area contributed by atoms with E-state index in [1.807, 2.05) is 14.0 Å². The standard InChI is InChI=1S/C10H22N4O2S2/c1-3-6-12-18(15,16)13-10(9(11)17)4-7-14(2)8-5-10/h12-13H,3-8H2,1-2H3,(H2,11,17). The molecule has 1 heterocycles. The second-order valence-corrected chi connectivity index (χ2v) is 6.69. The SMILES string of the molecule is CCCNS(=O)(=O)NC1(C(N)=S)CCN(C)CC1. The molecule has 1 aliphatic rings. The molecule has 0 bridgehead atoms. The van der Waals surface area contributed by atoms with E-state index in [2.05, 4.69) is 14.3 Å². The molecule has 1 saturated heterocycles. The highest BCUT2D eigenvalue weighted by molar-refractivity contribution is 7.87. The Hall–Kier alpha value is -0.280. The van der Waals surface area contributed by atoms with Gasteiger partial charge in [0.2, 0.25) is 0 Å². The summed E-state index contributed by atoms with van der Waals surface area (Å²) >= 11 is 5.05. The molecule has 6 nitrogen and oxygen atoms in total. The van der Waals surface area contributed by atoms with E-state index < -0.39 is 15.7 Å². The minimum absolute atomic E-state index is 0.220. The quantitative estimate of drug-likeness (QED) is 0.579. The zero-order valence-corrected chi connectivity index (χ0v) is 12.5. The van der Waals surface area contributed by atoms with E-state index in [1.54, 1.807) is 0 Å². The first-order valence-corrected chi connectivity index (χ1v) is 7.97. The number of piperidine rings is 1. The first-order chi connectivity index (χ1) is 8.31. The normalized spacial score (nSPS) is 20.8. The molecule has 0 unspecified atom stereocenters. The number of hydrogen-bond acceptors (Lipinski definition) is 4. The molecule has 18 heavy (non-hydrogen) atoms. The molecule has 0 aromatic heterocycles. The summed E-state index contributed by atoms with van der Waals surface area (Å²) in [6, 6.07) is 0. The number of thiocarbonyl (C=S) groups is 1. The van der Waals surface area contributed by atoms with Crippen molar-refractivity contribution in [1.29, 1.82) is 0 Å². The Morgan fingerprint density at radius 1 is 1.44 bits per heavy atom. The van der Waals surface area contributed by atoms with Crippen molar-refractivity contribution >= 4 is 27.4 Å². The predicted molar refractivity (Wildman–Crippen MR) is 76.6 cm³/mol. The van der Waals surface area contributed by atoms with Crippen LogP contribution in [-0.2, 0) is 10.2 Å². The highest BCUT2D eigenvalue weighted by Gasteiger charge is 2.39. The minimum atomic E-state index is -3.55. The highest BCUT2D eigenvalue weighted by Crippen LogP contribution is 2.22. The van der Waals surface area contributed by atoms with Crippen molar-refractivity contribution in [3.8, 4) is 0 Å². The average Bonchev–Trinajstić information content (AvgIpc) is 2.29. The fourth-order valence-electron chi connectivity index (χ4n) is 1.93. The van der Waals surface area contributed by atoms with E-state index in [9.17, 15) is 8.42 Å². The lowest BCUT2D eigenvalue weighted by Gasteiger charge is -2.40. The maximum Gasteiger partial charge on any atom is 0.277 e. The fraction of sp³-hybridized carbons (Fsp3) is 0.900. The van der Waals surface area contributed by atoms with E-state index in [1.165, 1.54) is 0 Å². The maximum absolute atomic E-state index is 11.9. The lowest BCUT2D eigenvalue weighted by Crippen LogP contribution is -2.62. The summed E-state index contributed by atoms with van der Waals surface area (Å²) in [4.78, 5) is 2.35. The van der Waals surface area contributed by atoms with E-state index in [0.29, 0.717) is 19.4 Å². The van der Waals surface area contributed by atoms with Gasteiger partial charge in [-0.05, 0) is 26.3 Å². The van der Waals surface area contributed by atoms with Gasteiger partial charge in [0.1, 0.15) is 0 Å². The Morgan fingerprint density at radius 2 is 2.00 bits per heavy atom. The Bertz CT molecular complexity index is 389. The summed E-state index contributed by atoms with van der Waals surface area (Å²) < 4.78 is 28.9. The summed E-state index contributed by atoms with van der Waals surface area (Å²) in [5, 5.41) is 0. The van der Waals surface area contributed by atoms with Crippen LogP contribution < -0.4 is 15.2 Å². The van der Waals surface area contributed by atoms with Gasteiger partial charge in [-0.3, -0.25) is 0 Å². The number of rotatable bonds is 6. The van der Waals surface area contributed by atoms with E-state index in [4.69, 9.17) is 18.0 Å². The molecule has 0 saturated carbocycles. The van der Waals surface area contributed by atoms with Gasteiger partial charge in [-0.1, -0.05) is 19.1 Å². The van der Waals surface area contributed by atoms with Crippen molar-refractivity contribution in [2.24, 2.45) is 5.73 Å². The van der Waals surface area contributed by atoms with Crippen LogP contribution in [0.25, 0.3) is 0 Å². The molecule has 0 aromatic rings. The van der Waals surface area contributed by atoms with Gasteiger partial charge in [-0.2, -0.15) is 13.1 Å². The lowest BCUT2D eigenvalue weighted by atomic mass is 9.89. The van der Waals surface area contributed by atoms with Crippen LogP contribution in [0.5, 0.6) is 0 Å². The predicted octanol–water partition coefficient (Wildman–Crippen LogP) is -0.429. The van der Waals surface area contributed by atoms with Gasteiger partial charge in [0, 0.05) is 19.6 Å². The van der Waals surface area contributed by atoms with E-state index in [0.717, 1.165) is 19.5 Å². The molecular formula is C10H22N4O2S2. The number of likely N-dealkylation sites (tertiary alicyclic amines) is 1. The van der Waals surface area contributed by atoms with Crippen LogP contribution in [0.15, 0.2) is 0 Å². The van der Waals surface area contributed by atoms with Gasteiger partial charge >= 0.3 is 0 Å². The summed E-state index contributed by atoms with van der Waals surface area (Å²) in [6.07, 6.45) is 1.95. The molecular weight excluding hydrogens is 272 g/mol. The highest BCUT2D eigenvalue weighted by atomic mass is 32.2. The van der Waals surface area contributed by atoms with Gasteiger partial charge in [0.25, 0.3) is 10.2 Å². The first kappa shape index (κ1) is 15.8. The summed E-state index contributed by atoms with van der Waals surface area (Å²) in [6.45, 7) is 3.85. The molecule has 1 rings (SSSR count). The summed E-state index contributed by atoms with van der Waals surface area (Å²) in [7, 11) is -1.56. The van der Waals surface area contributed by atoms with E-state index >= 15 is 0 Å². The average molecular weight is 294 g/mol. The van der Waals surface area contributed by atoms with Gasteiger partial charge in [-0.15, -0.1) is 0 Å². The fourth-order valence-corrected chi connectivity index (χ4v) is 3.62. The molecule has 0 atom stereocenters. The monoisotopic (exact) mass is 294 g/mol. The molecule has 0 spiro atoms. The smallest absolute Gasteiger partial charge is 0.277 e. The number of nitrogens with zero attached hydrogens (tertiary/aromatic N) is 1. The van der Waals surface area contributed by atoms with Crippen LogP contribution in [0.2, 0.25) is 0 Å². The van der Waals surface area contributed by atoms with Crippen molar-refractivity contribution in [3.63, 3.8) is 0 Å². The molecule has 0 amide bonds. The topological polar surface area (TPSA) is 87.5 Å². The Balaban J connectivity index is 2.78. The molecule has 0 aliphatic carbocycles. The molecule has 8 heteroatoms. The van der Waals surface area contributed by atoms with Crippen molar-refractivity contribution in [3.05, 3.63) is 0 Å². The van der Waals surface area contributed by atoms with Crippen LogP contribution in [0, 0.1) is 0 Å². The molecule has 0 radical (unpaired) electrons. The second kappa shape index (κ2) is 6.25. The Labute approximate surface area is 114 Å². The Kier molecular flexibility index (Phi) is 5.47. The summed E-state index contributed by atoms with van der Waals surface area (Å²) in [5.74, 6) is 0. The third kappa shape index (κ3) is 4.13. The van der Waals surface area contributed by atoms with Crippen LogP contribution in [0.4, 0.5) is 0 Å².